The van der Waals surface area contributed by atoms with E-state index >= 15 is 0 Å². The molecule has 1 aromatic carbocycles. The first-order valence-corrected chi connectivity index (χ1v) is 16.4. The van der Waals surface area contributed by atoms with Gasteiger partial charge in [0.1, 0.15) is 17.9 Å². The molecule has 2 heterocycles. The van der Waals surface area contributed by atoms with Crippen LogP contribution in [0.3, 0.4) is 0 Å². The van der Waals surface area contributed by atoms with Gasteiger partial charge in [-0.1, -0.05) is 63.6 Å². The molecule has 3 rings (SSSR count). The maximum absolute atomic E-state index is 13.4. The zero-order valence-electron chi connectivity index (χ0n) is 28.2. The van der Waals surface area contributed by atoms with E-state index in [1.54, 1.807) is 37.4 Å². The number of nitrogens with zero attached hydrogens (tertiary/aromatic N) is 2. The van der Waals surface area contributed by atoms with Gasteiger partial charge < -0.3 is 24.8 Å². The van der Waals surface area contributed by atoms with Gasteiger partial charge in [0.25, 0.3) is 0 Å². The molecule has 0 radical (unpaired) electrons. The fourth-order valence-electron chi connectivity index (χ4n) is 4.85. The van der Waals surface area contributed by atoms with Crippen molar-refractivity contribution in [3.8, 4) is 5.75 Å². The second-order valence-electron chi connectivity index (χ2n) is 12.6. The Morgan fingerprint density at radius 3 is 2.49 bits per heavy atom. The molecule has 12 heteroatoms. The number of ether oxygens (including phenoxy) is 3. The average molecular weight is 671 g/mol. The first-order chi connectivity index (χ1) is 22.3. The summed E-state index contributed by atoms with van der Waals surface area (Å²) in [4.78, 5) is 52.9. The quantitative estimate of drug-likeness (QED) is 0.352. The van der Waals surface area contributed by atoms with Crippen molar-refractivity contribution in [1.82, 2.24) is 20.4 Å². The Balaban J connectivity index is 1.90. The van der Waals surface area contributed by atoms with Crippen LogP contribution in [0.5, 0.6) is 5.75 Å². The number of benzene rings is 1. The number of carbonyl (C=O) groups excluding carboxylic acids is 4. The van der Waals surface area contributed by atoms with Crippen LogP contribution in [0.25, 0.3) is 6.08 Å². The molecule has 5 atom stereocenters. The smallest absolute Gasteiger partial charge is 0.347 e. The second kappa shape index (κ2) is 17.7. The third-order valence-electron chi connectivity index (χ3n) is 7.72. The Morgan fingerprint density at radius 2 is 1.85 bits per heavy atom. The number of hydrogen-bond donors (Lipinski definition) is 2. The van der Waals surface area contributed by atoms with Crippen molar-refractivity contribution in [2.75, 3.05) is 13.7 Å². The highest BCUT2D eigenvalue weighted by Crippen LogP contribution is 2.26. The lowest BCUT2D eigenvalue weighted by Gasteiger charge is -2.26. The SMILES string of the molecule is COc1ccc(C[C@H]2NC(=O)/C=C/C[C@@H](C(C)/C=C/c3cnn(C(C)C)c3)OC(=O)[C@H](CC(C)C)OC(=O)[C@H](C)CNC2=O)cc1Cl. The van der Waals surface area contributed by atoms with Crippen LogP contribution in [0.2, 0.25) is 5.02 Å². The number of rotatable bonds is 9. The zero-order valence-corrected chi connectivity index (χ0v) is 29.0. The molecule has 0 saturated carbocycles. The highest BCUT2D eigenvalue weighted by molar-refractivity contribution is 6.32. The van der Waals surface area contributed by atoms with E-state index in [9.17, 15) is 19.2 Å². The van der Waals surface area contributed by atoms with Crippen molar-refractivity contribution in [3.05, 3.63) is 65.0 Å². The minimum Gasteiger partial charge on any atom is -0.495 e. The van der Waals surface area contributed by atoms with Crippen molar-refractivity contribution in [1.29, 1.82) is 0 Å². The van der Waals surface area contributed by atoms with Gasteiger partial charge in [-0.05, 0) is 50.0 Å². The summed E-state index contributed by atoms with van der Waals surface area (Å²) in [5.74, 6) is -2.83. The molecular formula is C35H47ClN4O7. The van der Waals surface area contributed by atoms with E-state index in [4.69, 9.17) is 25.8 Å². The highest BCUT2D eigenvalue weighted by Gasteiger charge is 2.32. The normalized spacial score (nSPS) is 23.3. The second-order valence-corrected chi connectivity index (χ2v) is 13.0. The first-order valence-electron chi connectivity index (χ1n) is 16.0. The van der Waals surface area contributed by atoms with Crippen molar-refractivity contribution < 1.29 is 33.4 Å². The number of esters is 2. The van der Waals surface area contributed by atoms with Gasteiger partial charge in [0, 0.05) is 43.1 Å². The van der Waals surface area contributed by atoms with E-state index in [2.05, 4.69) is 15.7 Å². The van der Waals surface area contributed by atoms with Crippen LogP contribution in [0.4, 0.5) is 0 Å². The van der Waals surface area contributed by atoms with E-state index in [0.29, 0.717) is 16.3 Å². The molecule has 0 fully saturated rings. The molecule has 0 bridgehead atoms. The van der Waals surface area contributed by atoms with E-state index in [-0.39, 0.29) is 43.7 Å². The Hall–Kier alpha value is -4.12. The van der Waals surface area contributed by atoms with Gasteiger partial charge in [-0.15, -0.1) is 0 Å². The molecule has 1 aromatic heterocycles. The van der Waals surface area contributed by atoms with E-state index in [1.165, 1.54) is 13.2 Å². The van der Waals surface area contributed by atoms with E-state index < -0.39 is 47.9 Å². The standard InChI is InChI=1S/C35H47ClN4O7/c1-21(2)15-31-35(44)46-29(23(5)11-12-26-19-38-40(20-26)22(3)4)9-8-10-32(41)39-28(33(42)37-18-24(6)34(43)47-31)17-25-13-14-30(45-7)27(36)16-25/h8,10-14,16,19-24,28-29,31H,9,15,17-18H2,1-7H3,(H,37,42)(H,39,41)/b10-8+,12-11+/t23?,24-,28-,29+,31+/m1/s1. The highest BCUT2D eigenvalue weighted by atomic mass is 35.5. The number of aromatic nitrogens is 2. The van der Waals surface area contributed by atoms with Crippen LogP contribution in [0, 0.1) is 17.8 Å². The Bertz CT molecular complexity index is 1450. The van der Waals surface area contributed by atoms with E-state index in [0.717, 1.165) is 5.56 Å². The molecule has 0 aliphatic carbocycles. The van der Waals surface area contributed by atoms with Gasteiger partial charge in [0.2, 0.25) is 11.8 Å². The molecule has 0 spiro atoms. The van der Waals surface area contributed by atoms with Crippen LogP contribution >= 0.6 is 11.6 Å². The lowest BCUT2D eigenvalue weighted by atomic mass is 9.99. The van der Waals surface area contributed by atoms with Crippen LogP contribution in [0.15, 0.2) is 48.8 Å². The Kier molecular flexibility index (Phi) is 14.1. The number of nitrogens with one attached hydrogen (secondary N) is 2. The van der Waals surface area contributed by atoms with Gasteiger partial charge in [-0.2, -0.15) is 5.10 Å². The van der Waals surface area contributed by atoms with Crippen LogP contribution < -0.4 is 15.4 Å². The summed E-state index contributed by atoms with van der Waals surface area (Å²) in [6, 6.07) is 4.36. The molecule has 2 N–H and O–H groups in total. The summed E-state index contributed by atoms with van der Waals surface area (Å²) in [7, 11) is 1.50. The van der Waals surface area contributed by atoms with Crippen molar-refractivity contribution in [2.24, 2.45) is 17.8 Å². The van der Waals surface area contributed by atoms with Gasteiger partial charge in [-0.25, -0.2) is 4.79 Å². The summed E-state index contributed by atoms with van der Waals surface area (Å²) in [6.45, 7) is 11.3. The molecule has 47 heavy (non-hydrogen) atoms. The zero-order chi connectivity index (χ0) is 34.7. The molecule has 1 aliphatic rings. The first kappa shape index (κ1) is 37.3. The maximum Gasteiger partial charge on any atom is 0.347 e. The molecule has 2 amide bonds. The lowest BCUT2D eigenvalue weighted by Crippen LogP contribution is -2.49. The summed E-state index contributed by atoms with van der Waals surface area (Å²) in [6.07, 6.45) is 9.22. The average Bonchev–Trinajstić information content (AvgIpc) is 3.50. The van der Waals surface area contributed by atoms with Crippen LogP contribution in [-0.4, -0.2) is 65.4 Å². The van der Waals surface area contributed by atoms with Crippen molar-refractivity contribution >= 4 is 41.4 Å². The number of halogens is 1. The molecule has 2 aromatic rings. The molecule has 0 saturated heterocycles. The van der Waals surface area contributed by atoms with Crippen LogP contribution in [-0.2, 0) is 35.1 Å². The third-order valence-corrected chi connectivity index (χ3v) is 8.01. The predicted molar refractivity (Wildman–Crippen MR) is 180 cm³/mol. The number of amides is 2. The number of hydrogen-bond acceptors (Lipinski definition) is 8. The summed E-state index contributed by atoms with van der Waals surface area (Å²) >= 11 is 6.30. The molecule has 1 aliphatic heterocycles. The third kappa shape index (κ3) is 11.6. The molecule has 11 nitrogen and oxygen atoms in total. The summed E-state index contributed by atoms with van der Waals surface area (Å²) in [5.41, 5.74) is 1.59. The summed E-state index contributed by atoms with van der Waals surface area (Å²) < 4.78 is 18.7. The van der Waals surface area contributed by atoms with Gasteiger partial charge in [-0.3, -0.25) is 19.1 Å². The maximum atomic E-state index is 13.4. The minimum absolute atomic E-state index is 0.0324. The van der Waals surface area contributed by atoms with Gasteiger partial charge in [0.15, 0.2) is 6.10 Å². The molecular weight excluding hydrogens is 624 g/mol. The van der Waals surface area contributed by atoms with Crippen LogP contribution in [0.1, 0.15) is 71.6 Å². The van der Waals surface area contributed by atoms with Gasteiger partial charge in [0.05, 0.1) is 24.2 Å². The van der Waals surface area contributed by atoms with E-state index in [1.807, 2.05) is 57.6 Å². The fourth-order valence-corrected chi connectivity index (χ4v) is 5.13. The van der Waals surface area contributed by atoms with Gasteiger partial charge >= 0.3 is 11.9 Å². The number of carbonyl (C=O) groups is 4. The van der Waals surface area contributed by atoms with Crippen molar-refractivity contribution in [2.45, 2.75) is 85.1 Å². The number of methoxy groups -OCH3 is 1. The monoisotopic (exact) mass is 670 g/mol. The Labute approximate surface area is 282 Å². The fraction of sp³-hybridized carbons (Fsp3) is 0.514. The number of cyclic esters (lactones) is 2. The summed E-state index contributed by atoms with van der Waals surface area (Å²) in [5, 5.41) is 10.2. The largest absolute Gasteiger partial charge is 0.495 e. The topological polar surface area (TPSA) is 138 Å². The lowest BCUT2D eigenvalue weighted by molar-refractivity contribution is -0.175. The Morgan fingerprint density at radius 1 is 1.11 bits per heavy atom. The molecule has 256 valence electrons. The molecule has 1 unspecified atom stereocenters. The van der Waals surface area contributed by atoms with Crippen molar-refractivity contribution in [3.63, 3.8) is 0 Å². The minimum atomic E-state index is -1.13. The predicted octanol–water partition coefficient (Wildman–Crippen LogP) is 5.08.